The number of rotatable bonds is 4. The number of amidine groups is 2. The van der Waals surface area contributed by atoms with Crippen molar-refractivity contribution >= 4 is 46.4 Å². The molecule has 4 aliphatic rings. The molecule has 5 aromatic rings. The van der Waals surface area contributed by atoms with Crippen molar-refractivity contribution in [2.24, 2.45) is 9.98 Å². The SMILES string of the molecule is CC1=NC(C)(C)C(C)(C)N1c1ccc(-c2ccc3c(c2)Oc2cccc4c2B3c2ccc(-c3ccc(N5C(C)=NC(C)(C)C5(C)C)nc3)cc2O4)cn1. The fourth-order valence-corrected chi connectivity index (χ4v) is 8.60. The molecule has 0 radical (unpaired) electrons. The Balaban J connectivity index is 1.03. The molecule has 0 fully saturated rings. The van der Waals surface area contributed by atoms with Gasteiger partial charge in [-0.3, -0.25) is 9.98 Å². The Morgan fingerprint density at radius 3 is 1.28 bits per heavy atom. The van der Waals surface area contributed by atoms with Gasteiger partial charge in [0, 0.05) is 29.0 Å². The lowest BCUT2D eigenvalue weighted by Crippen LogP contribution is -2.57. The normalized spacial score (nSPS) is 19.4. The molecule has 0 atom stereocenters. The lowest BCUT2D eigenvalue weighted by molar-refractivity contribution is 0.337. The van der Waals surface area contributed by atoms with Crippen LogP contribution < -0.4 is 35.7 Å². The molecule has 0 spiro atoms. The summed E-state index contributed by atoms with van der Waals surface area (Å²) in [5.41, 5.74) is 6.63. The maximum Gasteiger partial charge on any atom is 0.260 e. The van der Waals surface area contributed by atoms with Crippen molar-refractivity contribution in [1.82, 2.24) is 9.97 Å². The highest BCUT2D eigenvalue weighted by atomic mass is 16.5. The van der Waals surface area contributed by atoms with E-state index in [0.717, 1.165) is 84.9 Å². The van der Waals surface area contributed by atoms with E-state index in [0.29, 0.717) is 0 Å². The zero-order valence-electron chi connectivity index (χ0n) is 32.2. The highest BCUT2D eigenvalue weighted by molar-refractivity contribution is 6.98. The first-order valence-electron chi connectivity index (χ1n) is 18.5. The fourth-order valence-electron chi connectivity index (χ4n) is 8.60. The zero-order valence-corrected chi connectivity index (χ0v) is 32.2. The average Bonchev–Trinajstić information content (AvgIpc) is 3.39. The van der Waals surface area contributed by atoms with Crippen LogP contribution in [-0.2, 0) is 0 Å². The van der Waals surface area contributed by atoms with Gasteiger partial charge in [0.15, 0.2) is 0 Å². The second-order valence-electron chi connectivity index (χ2n) is 16.8. The average molecular weight is 701 g/mol. The van der Waals surface area contributed by atoms with Gasteiger partial charge in [-0.15, -0.1) is 0 Å². The van der Waals surface area contributed by atoms with E-state index in [9.17, 15) is 0 Å². The third kappa shape index (κ3) is 4.82. The number of nitrogens with zero attached hydrogens (tertiary/aromatic N) is 6. The minimum absolute atomic E-state index is 0.0242. The molecule has 9 heteroatoms. The third-order valence-corrected chi connectivity index (χ3v) is 12.7. The molecule has 0 aliphatic carbocycles. The molecule has 0 amide bonds. The van der Waals surface area contributed by atoms with Crippen LogP contribution in [0.5, 0.6) is 23.0 Å². The van der Waals surface area contributed by atoms with E-state index in [-0.39, 0.29) is 28.9 Å². The molecule has 8 nitrogen and oxygen atoms in total. The van der Waals surface area contributed by atoms with Gasteiger partial charge in [0.25, 0.3) is 6.71 Å². The van der Waals surface area contributed by atoms with Crippen LogP contribution in [0.1, 0.15) is 69.2 Å². The van der Waals surface area contributed by atoms with Gasteiger partial charge < -0.3 is 19.3 Å². The van der Waals surface area contributed by atoms with E-state index >= 15 is 0 Å². The van der Waals surface area contributed by atoms with E-state index in [1.807, 2.05) is 30.6 Å². The molecule has 3 aromatic carbocycles. The molecule has 6 heterocycles. The molecular weight excluding hydrogens is 655 g/mol. The first-order chi connectivity index (χ1) is 25.1. The minimum Gasteiger partial charge on any atom is -0.458 e. The van der Waals surface area contributed by atoms with Gasteiger partial charge in [0.1, 0.15) is 46.3 Å². The molecule has 266 valence electrons. The zero-order chi connectivity index (χ0) is 37.2. The van der Waals surface area contributed by atoms with Gasteiger partial charge in [-0.1, -0.05) is 30.3 Å². The summed E-state index contributed by atoms with van der Waals surface area (Å²) in [7, 11) is 0. The molecule has 0 saturated heterocycles. The Hall–Kier alpha value is -5.44. The fraction of sp³-hybridized carbons (Fsp3) is 0.318. The number of ether oxygens (including phenoxy) is 2. The van der Waals surface area contributed by atoms with Crippen LogP contribution in [0.2, 0.25) is 0 Å². The van der Waals surface area contributed by atoms with E-state index in [1.54, 1.807) is 0 Å². The van der Waals surface area contributed by atoms with Crippen molar-refractivity contribution in [3.8, 4) is 45.3 Å². The summed E-state index contributed by atoms with van der Waals surface area (Å²) >= 11 is 0. The van der Waals surface area contributed by atoms with Crippen LogP contribution in [-0.4, -0.2) is 50.5 Å². The Bertz CT molecular complexity index is 2230. The van der Waals surface area contributed by atoms with Crippen molar-refractivity contribution in [3.05, 3.63) is 91.3 Å². The maximum absolute atomic E-state index is 6.61. The van der Waals surface area contributed by atoms with E-state index in [4.69, 9.17) is 29.4 Å². The summed E-state index contributed by atoms with van der Waals surface area (Å²) in [6.45, 7) is 21.7. The van der Waals surface area contributed by atoms with E-state index in [2.05, 4.69) is 140 Å². The maximum atomic E-state index is 6.61. The predicted octanol–water partition coefficient (Wildman–Crippen LogP) is 8.13. The summed E-state index contributed by atoms with van der Waals surface area (Å²) in [6.07, 6.45) is 3.91. The second kappa shape index (κ2) is 11.0. The number of aromatic nitrogens is 2. The van der Waals surface area contributed by atoms with Crippen LogP contribution in [0.15, 0.2) is 101 Å². The van der Waals surface area contributed by atoms with Gasteiger partial charge in [-0.05, 0) is 140 Å². The van der Waals surface area contributed by atoms with Crippen LogP contribution in [0.25, 0.3) is 22.3 Å². The Labute approximate surface area is 312 Å². The Morgan fingerprint density at radius 1 is 0.509 bits per heavy atom. The largest absolute Gasteiger partial charge is 0.458 e. The summed E-state index contributed by atoms with van der Waals surface area (Å²) in [5, 5.41) is 0. The van der Waals surface area contributed by atoms with Crippen LogP contribution in [0, 0.1) is 0 Å². The van der Waals surface area contributed by atoms with Crippen molar-refractivity contribution in [2.75, 3.05) is 9.80 Å². The van der Waals surface area contributed by atoms with Crippen molar-refractivity contribution in [3.63, 3.8) is 0 Å². The lowest BCUT2D eigenvalue weighted by Gasteiger charge is -2.40. The smallest absolute Gasteiger partial charge is 0.260 e. The minimum atomic E-state index is -0.214. The first-order valence-corrected chi connectivity index (χ1v) is 18.5. The number of fused-ring (bicyclic) bond motifs is 4. The van der Waals surface area contributed by atoms with Gasteiger partial charge in [0.2, 0.25) is 0 Å². The number of benzene rings is 3. The van der Waals surface area contributed by atoms with E-state index < -0.39 is 0 Å². The monoisotopic (exact) mass is 700 g/mol. The van der Waals surface area contributed by atoms with Crippen LogP contribution in [0.4, 0.5) is 11.6 Å². The van der Waals surface area contributed by atoms with Crippen molar-refractivity contribution in [2.45, 2.75) is 91.4 Å². The molecule has 0 N–H and O–H groups in total. The highest BCUT2D eigenvalue weighted by Crippen LogP contribution is 2.43. The van der Waals surface area contributed by atoms with Crippen molar-refractivity contribution < 1.29 is 9.47 Å². The molecule has 0 bridgehead atoms. The first kappa shape index (κ1) is 33.4. The lowest BCUT2D eigenvalue weighted by atomic mass is 9.35. The predicted molar refractivity (Wildman–Crippen MR) is 218 cm³/mol. The number of aliphatic imine (C=N–C) groups is 2. The van der Waals surface area contributed by atoms with E-state index in [1.165, 1.54) is 0 Å². The van der Waals surface area contributed by atoms with Gasteiger partial charge in [-0.25, -0.2) is 9.97 Å². The quantitative estimate of drug-likeness (QED) is 0.173. The van der Waals surface area contributed by atoms with Gasteiger partial charge in [-0.2, -0.15) is 0 Å². The summed E-state index contributed by atoms with van der Waals surface area (Å²) in [6, 6.07) is 27.6. The molecular formula is C44H45BN6O2. The molecule has 0 unspecified atom stereocenters. The van der Waals surface area contributed by atoms with Gasteiger partial charge >= 0.3 is 0 Å². The van der Waals surface area contributed by atoms with Crippen molar-refractivity contribution in [1.29, 1.82) is 0 Å². The molecule has 4 aliphatic heterocycles. The third-order valence-electron chi connectivity index (χ3n) is 12.7. The van der Waals surface area contributed by atoms with Crippen LogP contribution >= 0.6 is 0 Å². The number of hydrogen-bond donors (Lipinski definition) is 0. The molecule has 9 rings (SSSR count). The Morgan fingerprint density at radius 2 is 0.925 bits per heavy atom. The van der Waals surface area contributed by atoms with Crippen LogP contribution in [0.3, 0.4) is 0 Å². The number of anilines is 2. The summed E-state index contributed by atoms with van der Waals surface area (Å²) in [5.74, 6) is 7.09. The Kier molecular flexibility index (Phi) is 6.96. The van der Waals surface area contributed by atoms with Gasteiger partial charge in [0.05, 0.1) is 22.2 Å². The highest BCUT2D eigenvalue weighted by Gasteiger charge is 2.50. The summed E-state index contributed by atoms with van der Waals surface area (Å²) < 4.78 is 13.2. The molecule has 2 aromatic heterocycles. The standard InChI is InChI=1S/C44H45BN6O2/c1-26-48-41(3,4)43(7,8)50(26)38-20-16-30(24-46-38)28-14-18-32-36(22-28)52-34-12-11-13-35-40(34)45(32)33-19-15-29(23-37(33)53-35)31-17-21-39(47-25-31)51-27(2)49-42(5,6)44(51,9)10/h11-25H,1-10H3. The topological polar surface area (TPSA) is 75.4 Å². The second-order valence-corrected chi connectivity index (χ2v) is 16.8. The molecule has 0 saturated carbocycles. The summed E-state index contributed by atoms with van der Waals surface area (Å²) in [4.78, 5) is 24.2. The number of pyridine rings is 2. The molecule has 53 heavy (non-hydrogen) atoms. The number of hydrogen-bond acceptors (Lipinski definition) is 8.